The number of aromatic nitrogens is 2. The number of rotatable bonds is 4. The zero-order valence-electron chi connectivity index (χ0n) is 14.4. The van der Waals surface area contributed by atoms with Crippen molar-refractivity contribution >= 4 is 11.6 Å². The summed E-state index contributed by atoms with van der Waals surface area (Å²) in [4.78, 5) is 17.2. The van der Waals surface area contributed by atoms with Crippen molar-refractivity contribution in [3.8, 4) is 11.3 Å². The minimum atomic E-state index is -0.303. The average molecular weight is 349 g/mol. The molecule has 3 aromatic rings. The minimum Gasteiger partial charge on any atom is -0.334 e. The van der Waals surface area contributed by atoms with Gasteiger partial charge in [0.1, 0.15) is 11.6 Å². The molecule has 0 fully saturated rings. The van der Waals surface area contributed by atoms with E-state index in [-0.39, 0.29) is 18.1 Å². The number of imidazole rings is 1. The van der Waals surface area contributed by atoms with Crippen molar-refractivity contribution in [1.29, 1.82) is 0 Å². The van der Waals surface area contributed by atoms with Crippen LogP contribution in [0.4, 0.5) is 10.1 Å². The number of fused-ring (bicyclic) bond motifs is 1. The molecule has 5 heteroatoms. The Hall–Kier alpha value is -2.95. The van der Waals surface area contributed by atoms with E-state index < -0.39 is 0 Å². The Morgan fingerprint density at radius 2 is 1.92 bits per heavy atom. The second-order valence-electron chi connectivity index (χ2n) is 6.59. The number of benzene rings is 2. The van der Waals surface area contributed by atoms with Gasteiger partial charge in [0.2, 0.25) is 5.91 Å². The number of nitrogens with zero attached hydrogens (tertiary/aromatic N) is 2. The quantitative estimate of drug-likeness (QED) is 0.767. The van der Waals surface area contributed by atoms with Gasteiger partial charge in [-0.3, -0.25) is 4.79 Å². The fraction of sp³-hybridized carbons (Fsp3) is 0.238. The molecule has 2 aromatic carbocycles. The van der Waals surface area contributed by atoms with Gasteiger partial charge in [0.05, 0.1) is 17.8 Å². The first-order chi connectivity index (χ1) is 12.7. The largest absolute Gasteiger partial charge is 0.334 e. The van der Waals surface area contributed by atoms with E-state index in [4.69, 9.17) is 4.98 Å². The Morgan fingerprint density at radius 3 is 2.73 bits per heavy atom. The number of hydrogen-bond donors (Lipinski definition) is 1. The highest BCUT2D eigenvalue weighted by Gasteiger charge is 2.16. The summed E-state index contributed by atoms with van der Waals surface area (Å²) in [5, 5.41) is 2.97. The summed E-state index contributed by atoms with van der Waals surface area (Å²) in [5.41, 5.74) is 3.33. The van der Waals surface area contributed by atoms with Crippen molar-refractivity contribution in [2.24, 2.45) is 0 Å². The van der Waals surface area contributed by atoms with Crippen LogP contribution in [0.2, 0.25) is 0 Å². The summed E-state index contributed by atoms with van der Waals surface area (Å²) in [6.45, 7) is 1.00. The van der Waals surface area contributed by atoms with E-state index in [1.807, 2.05) is 24.3 Å². The maximum atomic E-state index is 13.0. The van der Waals surface area contributed by atoms with Crippen molar-refractivity contribution in [2.45, 2.75) is 32.2 Å². The predicted octanol–water partition coefficient (Wildman–Crippen LogP) is 4.21. The monoisotopic (exact) mass is 349 g/mol. The first kappa shape index (κ1) is 16.5. The van der Waals surface area contributed by atoms with Gasteiger partial charge in [0.15, 0.2) is 0 Å². The van der Waals surface area contributed by atoms with Crippen LogP contribution < -0.4 is 5.32 Å². The molecule has 0 unspecified atom stereocenters. The summed E-state index contributed by atoms with van der Waals surface area (Å²) in [7, 11) is 0. The fourth-order valence-corrected chi connectivity index (χ4v) is 3.34. The molecule has 1 amide bonds. The van der Waals surface area contributed by atoms with Crippen LogP contribution in [0, 0.1) is 5.82 Å². The molecule has 0 saturated heterocycles. The number of anilines is 1. The third-order valence-electron chi connectivity index (χ3n) is 4.66. The van der Waals surface area contributed by atoms with Crippen LogP contribution in [-0.4, -0.2) is 15.5 Å². The Bertz CT molecular complexity index is 907. The first-order valence-corrected chi connectivity index (χ1v) is 8.89. The van der Waals surface area contributed by atoms with Crippen molar-refractivity contribution < 1.29 is 9.18 Å². The molecular weight excluding hydrogens is 329 g/mol. The zero-order valence-corrected chi connectivity index (χ0v) is 14.4. The molecule has 0 atom stereocenters. The van der Waals surface area contributed by atoms with E-state index in [0.29, 0.717) is 0 Å². The van der Waals surface area contributed by atoms with Crippen molar-refractivity contribution in [1.82, 2.24) is 9.55 Å². The number of aryl methyl sites for hydroxylation is 2. The number of para-hydroxylation sites is 1. The number of carbonyl (C=O) groups is 1. The van der Waals surface area contributed by atoms with E-state index in [1.165, 1.54) is 25.0 Å². The number of halogens is 1. The fourth-order valence-electron chi connectivity index (χ4n) is 3.34. The van der Waals surface area contributed by atoms with Crippen LogP contribution in [0.3, 0.4) is 0 Å². The maximum absolute atomic E-state index is 13.0. The molecule has 1 aliphatic rings. The summed E-state index contributed by atoms with van der Waals surface area (Å²) in [6.07, 6.45) is 5.62. The first-order valence-electron chi connectivity index (χ1n) is 8.89. The molecule has 132 valence electrons. The lowest BCUT2D eigenvalue weighted by Gasteiger charge is -2.11. The number of carbonyl (C=O) groups excluding carboxylic acids is 1. The molecule has 2 heterocycles. The maximum Gasteiger partial charge on any atom is 0.228 e. The second kappa shape index (κ2) is 7.12. The highest BCUT2D eigenvalue weighted by molar-refractivity contribution is 5.96. The van der Waals surface area contributed by atoms with Gasteiger partial charge in [-0.2, -0.15) is 0 Å². The van der Waals surface area contributed by atoms with E-state index >= 15 is 0 Å². The Kier molecular flexibility index (Phi) is 4.52. The zero-order chi connectivity index (χ0) is 17.9. The van der Waals surface area contributed by atoms with E-state index in [1.54, 1.807) is 12.1 Å². The molecule has 1 N–H and O–H groups in total. The molecule has 26 heavy (non-hydrogen) atoms. The molecule has 4 rings (SSSR count). The summed E-state index contributed by atoms with van der Waals surface area (Å²) < 4.78 is 15.2. The predicted molar refractivity (Wildman–Crippen MR) is 99.3 cm³/mol. The topological polar surface area (TPSA) is 46.9 Å². The number of amides is 1. The third-order valence-corrected chi connectivity index (χ3v) is 4.66. The lowest BCUT2D eigenvalue weighted by Crippen LogP contribution is -2.15. The van der Waals surface area contributed by atoms with Crippen molar-refractivity contribution in [3.05, 3.63) is 71.9 Å². The smallest absolute Gasteiger partial charge is 0.228 e. The van der Waals surface area contributed by atoms with Gasteiger partial charge in [-0.25, -0.2) is 9.37 Å². The highest BCUT2D eigenvalue weighted by atomic mass is 19.1. The standard InChI is InChI=1S/C21H20FN3O/c22-16-10-8-15(9-11-16)13-21(26)24-18-6-2-1-5-17(18)19-14-25-12-4-3-7-20(25)23-19/h1-2,5-6,8-11,14H,3-4,7,12-13H2,(H,24,26). The summed E-state index contributed by atoms with van der Waals surface area (Å²) >= 11 is 0. The van der Waals surface area contributed by atoms with Crippen LogP contribution in [0.15, 0.2) is 54.7 Å². The SMILES string of the molecule is O=C(Cc1ccc(F)cc1)Nc1ccccc1-c1cn2c(n1)CCCC2. The lowest BCUT2D eigenvalue weighted by atomic mass is 10.1. The highest BCUT2D eigenvalue weighted by Crippen LogP contribution is 2.29. The molecule has 0 aliphatic carbocycles. The van der Waals surface area contributed by atoms with Crippen LogP contribution >= 0.6 is 0 Å². The minimum absolute atomic E-state index is 0.131. The van der Waals surface area contributed by atoms with E-state index in [9.17, 15) is 9.18 Å². The molecular formula is C21H20FN3O. The Morgan fingerprint density at radius 1 is 1.12 bits per heavy atom. The van der Waals surface area contributed by atoms with Crippen LogP contribution in [0.5, 0.6) is 0 Å². The van der Waals surface area contributed by atoms with Gasteiger partial charge in [0, 0.05) is 24.7 Å². The van der Waals surface area contributed by atoms with Crippen molar-refractivity contribution in [3.63, 3.8) is 0 Å². The molecule has 1 aliphatic heterocycles. The molecule has 4 nitrogen and oxygen atoms in total. The molecule has 0 spiro atoms. The summed E-state index contributed by atoms with van der Waals surface area (Å²) in [5.74, 6) is 0.676. The molecule has 0 bridgehead atoms. The lowest BCUT2D eigenvalue weighted by molar-refractivity contribution is -0.115. The van der Waals surface area contributed by atoms with Crippen molar-refractivity contribution in [2.75, 3.05) is 5.32 Å². The molecule has 1 aromatic heterocycles. The van der Waals surface area contributed by atoms with Gasteiger partial charge < -0.3 is 9.88 Å². The van der Waals surface area contributed by atoms with Crippen LogP contribution in [0.1, 0.15) is 24.2 Å². The van der Waals surface area contributed by atoms with Crippen LogP contribution in [-0.2, 0) is 24.2 Å². The molecule has 0 saturated carbocycles. The van der Waals surface area contributed by atoms with E-state index in [0.717, 1.165) is 41.3 Å². The third kappa shape index (κ3) is 3.52. The summed E-state index contributed by atoms with van der Waals surface area (Å²) in [6, 6.07) is 13.7. The molecule has 0 radical (unpaired) electrons. The Labute approximate surface area is 151 Å². The van der Waals surface area contributed by atoms with Crippen LogP contribution in [0.25, 0.3) is 11.3 Å². The number of nitrogens with one attached hydrogen (secondary N) is 1. The van der Waals surface area contributed by atoms with Gasteiger partial charge in [-0.15, -0.1) is 0 Å². The van der Waals surface area contributed by atoms with Gasteiger partial charge in [0.25, 0.3) is 0 Å². The second-order valence-corrected chi connectivity index (χ2v) is 6.59. The Balaban J connectivity index is 1.55. The van der Waals surface area contributed by atoms with Gasteiger partial charge in [-0.05, 0) is 36.6 Å². The number of hydrogen-bond acceptors (Lipinski definition) is 2. The normalized spacial score (nSPS) is 13.3. The average Bonchev–Trinajstić information content (AvgIpc) is 3.08. The van der Waals surface area contributed by atoms with Gasteiger partial charge in [-0.1, -0.05) is 30.3 Å². The van der Waals surface area contributed by atoms with E-state index in [2.05, 4.69) is 16.1 Å². The van der Waals surface area contributed by atoms with Gasteiger partial charge >= 0.3 is 0 Å².